The van der Waals surface area contributed by atoms with Gasteiger partial charge in [0.15, 0.2) is 0 Å². The van der Waals surface area contributed by atoms with Crippen molar-refractivity contribution >= 4 is 19.7 Å². The van der Waals surface area contributed by atoms with Crippen LogP contribution in [0.3, 0.4) is 0 Å². The van der Waals surface area contributed by atoms with Crippen molar-refractivity contribution in [2.45, 2.75) is 6.42 Å². The molecule has 0 saturated carbocycles. The normalized spacial score (nSPS) is 15.5. The molecule has 0 spiro atoms. The molecule has 1 heterocycles. The second-order valence-electron chi connectivity index (χ2n) is 5.63. The number of allylic oxidation sites excluding steroid dienone is 4. The second kappa shape index (κ2) is 7.86. The number of hydrogen-bond acceptors (Lipinski definition) is 0. The van der Waals surface area contributed by atoms with E-state index in [1.165, 1.54) is 30.9 Å². The fourth-order valence-electron chi connectivity index (χ4n) is 2.95. The fourth-order valence-corrected chi connectivity index (χ4v) is 3.97. The molecule has 5 rings (SSSR count). The molecule has 24 heavy (non-hydrogen) atoms. The van der Waals surface area contributed by atoms with Crippen molar-refractivity contribution in [2.75, 3.05) is 0 Å². The topological polar surface area (TPSA) is 0 Å². The van der Waals surface area contributed by atoms with Crippen molar-refractivity contribution in [3.63, 3.8) is 0 Å². The molecule has 3 aromatic rings. The van der Waals surface area contributed by atoms with Crippen molar-refractivity contribution in [2.24, 2.45) is 0 Å². The first-order chi connectivity index (χ1) is 11.4. The van der Waals surface area contributed by atoms with E-state index in [9.17, 15) is 0 Å². The molecule has 0 nitrogen and oxygen atoms in total. The summed E-state index contributed by atoms with van der Waals surface area (Å²) in [4.78, 5) is 0. The molecule has 0 radical (unpaired) electrons. The van der Waals surface area contributed by atoms with E-state index < -0.39 is 0 Å². The van der Waals surface area contributed by atoms with Crippen LogP contribution in [-0.2, 0) is 17.1 Å². The maximum Gasteiger partial charge on any atom is 2.00 e. The van der Waals surface area contributed by atoms with Crippen molar-refractivity contribution < 1.29 is 17.1 Å². The summed E-state index contributed by atoms with van der Waals surface area (Å²) >= 11 is 0. The summed E-state index contributed by atoms with van der Waals surface area (Å²) in [6.45, 7) is 0. The van der Waals surface area contributed by atoms with E-state index >= 15 is 0 Å². The standard InChI is InChI=1S/C17H12P.C5H5.Fe/c1-3-7-12(8-4-1)14-11-15-17(18-15)16(14)13-9-5-2-6-10-13;1-2-4-5-3-1;/h1-10H,11H2;1-5H;/q2*-1;+2. The third-order valence-electron chi connectivity index (χ3n) is 4.09. The van der Waals surface area contributed by atoms with Crippen molar-refractivity contribution in [3.05, 3.63) is 113 Å². The summed E-state index contributed by atoms with van der Waals surface area (Å²) < 4.78 is 0. The van der Waals surface area contributed by atoms with Gasteiger partial charge in [-0.3, -0.25) is 0 Å². The summed E-state index contributed by atoms with van der Waals surface area (Å²) in [6, 6.07) is 31.6. The first-order valence-corrected chi connectivity index (χ1v) is 8.79. The van der Waals surface area contributed by atoms with Gasteiger partial charge in [0, 0.05) is 0 Å². The molecule has 0 fully saturated rings. The van der Waals surface area contributed by atoms with Crippen LogP contribution in [0.25, 0.3) is 11.1 Å². The van der Waals surface area contributed by atoms with Crippen LogP contribution in [0.4, 0.5) is 0 Å². The molecule has 1 aliphatic carbocycles. The van der Waals surface area contributed by atoms with Gasteiger partial charge in [-0.15, -0.1) is 0 Å². The van der Waals surface area contributed by atoms with Gasteiger partial charge in [0.05, 0.1) is 0 Å². The molecule has 0 bridgehead atoms. The molecule has 1 aliphatic heterocycles. The van der Waals surface area contributed by atoms with Crippen molar-refractivity contribution in [1.82, 2.24) is 0 Å². The molecule has 2 heteroatoms. The Morgan fingerprint density at radius 1 is 0.708 bits per heavy atom. The maximum absolute atomic E-state index is 2.22. The van der Waals surface area contributed by atoms with Gasteiger partial charge in [-0.25, -0.2) is 22.8 Å². The summed E-state index contributed by atoms with van der Waals surface area (Å²) in [5.74, 6) is 0. The molecule has 118 valence electrons. The zero-order valence-corrected chi connectivity index (χ0v) is 15.2. The van der Waals surface area contributed by atoms with Crippen molar-refractivity contribution in [1.29, 1.82) is 0 Å². The summed E-state index contributed by atoms with van der Waals surface area (Å²) in [7, 11) is 1.48. The monoisotopic (exact) mass is 368 g/mol. The van der Waals surface area contributed by atoms with Gasteiger partial charge >= 0.3 is 17.1 Å². The predicted molar refractivity (Wildman–Crippen MR) is 100 cm³/mol. The Labute approximate surface area is 155 Å². The van der Waals surface area contributed by atoms with Gasteiger partial charge in [-0.2, -0.15) is 18.2 Å². The summed E-state index contributed by atoms with van der Waals surface area (Å²) in [6.07, 6.45) is 1.14. The molecule has 0 saturated heterocycles. The number of hydrogen-bond donors (Lipinski definition) is 0. The maximum atomic E-state index is 2.22. The Bertz CT molecular complexity index is 826. The largest absolute Gasteiger partial charge is 2.00 e. The van der Waals surface area contributed by atoms with Gasteiger partial charge in [0.2, 0.25) is 0 Å². The van der Waals surface area contributed by atoms with E-state index in [2.05, 4.69) is 60.7 Å². The molecule has 0 aromatic heterocycles. The number of rotatable bonds is 2. The third kappa shape index (κ3) is 3.65. The molecular weight excluding hydrogens is 351 g/mol. The Balaban J connectivity index is 0.000000245. The zero-order valence-electron chi connectivity index (χ0n) is 13.2. The SMILES string of the molecule is [Fe+2].c1cc[cH-]c1.c1ccc(C2=C(c3ccccc3)C3=C(C2)[P-]3)cc1. The van der Waals surface area contributed by atoms with Gasteiger partial charge in [0.25, 0.3) is 0 Å². The van der Waals surface area contributed by atoms with E-state index in [1.54, 1.807) is 10.6 Å². The van der Waals surface area contributed by atoms with Crippen LogP contribution in [0.5, 0.6) is 0 Å². The van der Waals surface area contributed by atoms with Crippen LogP contribution >= 0.6 is 8.58 Å². The van der Waals surface area contributed by atoms with Crippen LogP contribution in [0.2, 0.25) is 0 Å². The molecule has 3 aromatic carbocycles. The van der Waals surface area contributed by atoms with Gasteiger partial charge in [0.1, 0.15) is 0 Å². The van der Waals surface area contributed by atoms with E-state index in [-0.39, 0.29) is 17.1 Å². The Kier molecular flexibility index (Phi) is 5.59. The van der Waals surface area contributed by atoms with Crippen LogP contribution in [0.15, 0.2) is 102 Å². The first-order valence-electron chi connectivity index (χ1n) is 7.89. The summed E-state index contributed by atoms with van der Waals surface area (Å²) in [5, 5.41) is 3.19. The first kappa shape index (κ1) is 17.1. The fraction of sp³-hybridized carbons (Fsp3) is 0.0455. The molecule has 0 atom stereocenters. The quantitative estimate of drug-likeness (QED) is 0.272. The minimum atomic E-state index is 0. The summed E-state index contributed by atoms with van der Waals surface area (Å²) in [5.41, 5.74) is 5.73. The Morgan fingerprint density at radius 3 is 1.83 bits per heavy atom. The van der Waals surface area contributed by atoms with Crippen LogP contribution in [0.1, 0.15) is 17.5 Å². The average Bonchev–Trinajstić information content (AvgIpc) is 3.06. The van der Waals surface area contributed by atoms with Crippen molar-refractivity contribution in [3.8, 4) is 0 Å². The van der Waals surface area contributed by atoms with Gasteiger partial charge in [-0.1, -0.05) is 60.7 Å². The Hall–Kier alpha value is -1.78. The van der Waals surface area contributed by atoms with E-state index in [0.717, 1.165) is 6.42 Å². The average molecular weight is 368 g/mol. The van der Waals surface area contributed by atoms with Crippen LogP contribution in [-0.4, -0.2) is 0 Å². The number of benzene rings is 2. The minimum absolute atomic E-state index is 0. The van der Waals surface area contributed by atoms with Gasteiger partial charge in [-0.05, 0) is 28.7 Å². The molecule has 0 N–H and O–H groups in total. The second-order valence-corrected chi connectivity index (χ2v) is 6.84. The predicted octanol–water partition coefficient (Wildman–Crippen LogP) is 6.58. The van der Waals surface area contributed by atoms with E-state index in [4.69, 9.17) is 0 Å². The molecule has 0 amide bonds. The molecule has 0 unspecified atom stereocenters. The van der Waals surface area contributed by atoms with E-state index in [1.807, 2.05) is 30.3 Å². The smallest absolute Gasteiger partial charge is 0.481 e. The minimum Gasteiger partial charge on any atom is -0.481 e. The Morgan fingerprint density at radius 2 is 1.29 bits per heavy atom. The van der Waals surface area contributed by atoms with E-state index in [0.29, 0.717) is 0 Å². The third-order valence-corrected chi connectivity index (χ3v) is 5.24. The molecular formula is C22H17FeP. The zero-order chi connectivity index (χ0) is 15.5. The van der Waals surface area contributed by atoms with Gasteiger partial charge < -0.3 is 8.58 Å². The van der Waals surface area contributed by atoms with Crippen LogP contribution in [0, 0.1) is 0 Å². The molecule has 2 aliphatic rings. The van der Waals surface area contributed by atoms with Crippen LogP contribution < -0.4 is 0 Å².